The van der Waals surface area contributed by atoms with Gasteiger partial charge in [-0.15, -0.1) is 0 Å². The fourth-order valence-electron chi connectivity index (χ4n) is 2.48. The molecule has 5 heteroatoms. The summed E-state index contributed by atoms with van der Waals surface area (Å²) in [5.41, 5.74) is 0.956. The van der Waals surface area contributed by atoms with E-state index in [1.54, 1.807) is 12.1 Å². The molecular weight excluding hydrogens is 282 g/mol. The van der Waals surface area contributed by atoms with Gasteiger partial charge in [-0.2, -0.15) is 0 Å². The standard InChI is InChI=1S/C17H21NO4/c1-12(18-16(19)10-13-4-2-3-5-13)14-6-8-15(9-7-14)22-11-17(20)21/h2,4,6-9,12-13H,3,5,10-11H2,1H3,(H,18,19)(H,20,21)/t12-,13-/m1/s1. The van der Waals surface area contributed by atoms with Crippen LogP contribution in [0.15, 0.2) is 36.4 Å². The van der Waals surface area contributed by atoms with Crippen molar-refractivity contribution >= 4 is 11.9 Å². The van der Waals surface area contributed by atoms with Crippen LogP contribution < -0.4 is 10.1 Å². The van der Waals surface area contributed by atoms with Crippen LogP contribution in [0.5, 0.6) is 5.75 Å². The van der Waals surface area contributed by atoms with Crippen molar-refractivity contribution in [1.82, 2.24) is 5.32 Å². The maximum atomic E-state index is 12.0. The zero-order valence-electron chi connectivity index (χ0n) is 12.6. The summed E-state index contributed by atoms with van der Waals surface area (Å²) in [6.07, 6.45) is 6.87. The van der Waals surface area contributed by atoms with Gasteiger partial charge in [-0.1, -0.05) is 24.3 Å². The Morgan fingerprint density at radius 1 is 1.36 bits per heavy atom. The van der Waals surface area contributed by atoms with Crippen LogP contribution in [0.1, 0.15) is 37.8 Å². The van der Waals surface area contributed by atoms with Crippen molar-refractivity contribution in [2.75, 3.05) is 6.61 Å². The van der Waals surface area contributed by atoms with Gasteiger partial charge < -0.3 is 15.2 Å². The van der Waals surface area contributed by atoms with E-state index in [0.29, 0.717) is 18.1 Å². The molecule has 1 aliphatic carbocycles. The molecule has 1 amide bonds. The molecule has 5 nitrogen and oxygen atoms in total. The monoisotopic (exact) mass is 303 g/mol. The predicted octanol–water partition coefficient (Wildman–Crippen LogP) is 2.68. The molecular formula is C17H21NO4. The molecule has 1 aromatic rings. The second kappa shape index (κ2) is 7.64. The highest BCUT2D eigenvalue weighted by molar-refractivity contribution is 5.77. The Morgan fingerprint density at radius 3 is 2.68 bits per heavy atom. The van der Waals surface area contributed by atoms with E-state index in [1.165, 1.54) is 0 Å². The Kier molecular flexibility index (Phi) is 5.58. The molecule has 1 aliphatic rings. The number of hydrogen-bond acceptors (Lipinski definition) is 3. The first-order valence-electron chi connectivity index (χ1n) is 7.45. The summed E-state index contributed by atoms with van der Waals surface area (Å²) in [6.45, 7) is 1.57. The third-order valence-electron chi connectivity index (χ3n) is 3.68. The first kappa shape index (κ1) is 16.1. The average molecular weight is 303 g/mol. The summed E-state index contributed by atoms with van der Waals surface area (Å²) in [7, 11) is 0. The first-order valence-corrected chi connectivity index (χ1v) is 7.45. The highest BCUT2D eigenvalue weighted by Gasteiger charge is 2.16. The van der Waals surface area contributed by atoms with Gasteiger partial charge in [0.2, 0.25) is 5.91 Å². The third-order valence-corrected chi connectivity index (χ3v) is 3.68. The van der Waals surface area contributed by atoms with Crippen LogP contribution >= 0.6 is 0 Å². The fourth-order valence-corrected chi connectivity index (χ4v) is 2.48. The normalized spacial score (nSPS) is 18.0. The van der Waals surface area contributed by atoms with Crippen LogP contribution in [0, 0.1) is 5.92 Å². The summed E-state index contributed by atoms with van der Waals surface area (Å²) >= 11 is 0. The lowest BCUT2D eigenvalue weighted by Gasteiger charge is -2.16. The quantitative estimate of drug-likeness (QED) is 0.759. The van der Waals surface area contributed by atoms with E-state index < -0.39 is 5.97 Å². The Hall–Kier alpha value is -2.30. The highest BCUT2D eigenvalue weighted by atomic mass is 16.5. The van der Waals surface area contributed by atoms with Gasteiger partial charge in [0, 0.05) is 6.42 Å². The van der Waals surface area contributed by atoms with Crippen LogP contribution in [0.4, 0.5) is 0 Å². The van der Waals surface area contributed by atoms with E-state index in [-0.39, 0.29) is 18.6 Å². The average Bonchev–Trinajstić information content (AvgIpc) is 2.98. The van der Waals surface area contributed by atoms with Crippen molar-refractivity contribution < 1.29 is 19.4 Å². The molecule has 0 bridgehead atoms. The van der Waals surface area contributed by atoms with Crippen LogP contribution in [0.2, 0.25) is 0 Å². The molecule has 0 saturated carbocycles. The van der Waals surface area contributed by atoms with E-state index in [0.717, 1.165) is 18.4 Å². The van der Waals surface area contributed by atoms with Crippen molar-refractivity contribution in [3.8, 4) is 5.75 Å². The van der Waals surface area contributed by atoms with Crippen LogP contribution in [-0.4, -0.2) is 23.6 Å². The number of carbonyl (C=O) groups is 2. The number of carboxylic acid groups (broad SMARTS) is 1. The molecule has 22 heavy (non-hydrogen) atoms. The van der Waals surface area contributed by atoms with Crippen molar-refractivity contribution in [3.63, 3.8) is 0 Å². The molecule has 1 aromatic carbocycles. The summed E-state index contributed by atoms with van der Waals surface area (Å²) in [6, 6.07) is 6.99. The molecule has 0 unspecified atom stereocenters. The van der Waals surface area contributed by atoms with Crippen molar-refractivity contribution in [2.45, 2.75) is 32.2 Å². The molecule has 0 fully saturated rings. The molecule has 0 heterocycles. The summed E-state index contributed by atoms with van der Waals surface area (Å²) in [5, 5.41) is 11.5. The molecule has 0 spiro atoms. The van der Waals surface area contributed by atoms with Crippen molar-refractivity contribution in [1.29, 1.82) is 0 Å². The number of aliphatic carboxylic acids is 1. The second-order valence-corrected chi connectivity index (χ2v) is 5.51. The summed E-state index contributed by atoms with van der Waals surface area (Å²) in [4.78, 5) is 22.4. The number of allylic oxidation sites excluding steroid dienone is 2. The summed E-state index contributed by atoms with van der Waals surface area (Å²) < 4.78 is 5.08. The Balaban J connectivity index is 1.83. The number of nitrogens with one attached hydrogen (secondary N) is 1. The minimum atomic E-state index is -1.01. The molecule has 0 aliphatic heterocycles. The van der Waals surface area contributed by atoms with E-state index >= 15 is 0 Å². The zero-order valence-corrected chi connectivity index (χ0v) is 12.6. The number of benzene rings is 1. The predicted molar refractivity (Wildman–Crippen MR) is 82.6 cm³/mol. The zero-order chi connectivity index (χ0) is 15.9. The van der Waals surface area contributed by atoms with E-state index in [2.05, 4.69) is 17.5 Å². The molecule has 2 rings (SSSR count). The van der Waals surface area contributed by atoms with Gasteiger partial charge in [-0.25, -0.2) is 4.79 Å². The molecule has 0 saturated heterocycles. The van der Waals surface area contributed by atoms with Gasteiger partial charge in [0.05, 0.1) is 6.04 Å². The van der Waals surface area contributed by atoms with Gasteiger partial charge in [0.1, 0.15) is 5.75 Å². The van der Waals surface area contributed by atoms with Crippen molar-refractivity contribution in [3.05, 3.63) is 42.0 Å². The number of amides is 1. The lowest BCUT2D eigenvalue weighted by atomic mass is 10.0. The number of carbonyl (C=O) groups excluding carboxylic acids is 1. The van der Waals surface area contributed by atoms with Crippen molar-refractivity contribution in [2.24, 2.45) is 5.92 Å². The number of ether oxygens (including phenoxy) is 1. The minimum Gasteiger partial charge on any atom is -0.482 e. The Bertz CT molecular complexity index is 550. The third kappa shape index (κ3) is 4.91. The maximum absolute atomic E-state index is 12.0. The second-order valence-electron chi connectivity index (χ2n) is 5.51. The molecule has 0 aromatic heterocycles. The van der Waals surface area contributed by atoms with Gasteiger partial charge in [-0.05, 0) is 43.4 Å². The molecule has 0 radical (unpaired) electrons. The van der Waals surface area contributed by atoms with Gasteiger partial charge in [0.15, 0.2) is 6.61 Å². The fraction of sp³-hybridized carbons (Fsp3) is 0.412. The van der Waals surface area contributed by atoms with Crippen LogP contribution in [0.3, 0.4) is 0 Å². The van der Waals surface area contributed by atoms with Crippen LogP contribution in [-0.2, 0) is 9.59 Å². The Morgan fingerprint density at radius 2 is 2.09 bits per heavy atom. The van der Waals surface area contributed by atoms with E-state index in [1.807, 2.05) is 19.1 Å². The van der Waals surface area contributed by atoms with Gasteiger partial charge in [0.25, 0.3) is 0 Å². The minimum absolute atomic E-state index is 0.0512. The SMILES string of the molecule is C[C@@H](NC(=O)C[C@@H]1C=CCC1)c1ccc(OCC(=O)O)cc1. The van der Waals surface area contributed by atoms with Gasteiger partial charge in [-0.3, -0.25) is 4.79 Å². The maximum Gasteiger partial charge on any atom is 0.341 e. The molecule has 2 atom stereocenters. The summed E-state index contributed by atoms with van der Waals surface area (Å²) in [5.74, 6) is -0.0966. The van der Waals surface area contributed by atoms with E-state index in [9.17, 15) is 9.59 Å². The van der Waals surface area contributed by atoms with Crippen LogP contribution in [0.25, 0.3) is 0 Å². The largest absolute Gasteiger partial charge is 0.482 e. The lowest BCUT2D eigenvalue weighted by Crippen LogP contribution is -2.27. The van der Waals surface area contributed by atoms with Gasteiger partial charge >= 0.3 is 5.97 Å². The smallest absolute Gasteiger partial charge is 0.341 e. The topological polar surface area (TPSA) is 75.6 Å². The molecule has 2 N–H and O–H groups in total. The number of rotatable bonds is 7. The highest BCUT2D eigenvalue weighted by Crippen LogP contribution is 2.21. The van der Waals surface area contributed by atoms with E-state index in [4.69, 9.17) is 9.84 Å². The lowest BCUT2D eigenvalue weighted by molar-refractivity contribution is -0.139. The Labute approximate surface area is 130 Å². The first-order chi connectivity index (χ1) is 10.5. The number of carboxylic acids is 1. The number of hydrogen-bond donors (Lipinski definition) is 2. The molecule has 118 valence electrons.